The van der Waals surface area contributed by atoms with Crippen LogP contribution in [0.1, 0.15) is 84.1 Å². The number of primary sulfonamides is 1. The average Bonchev–Trinajstić information content (AvgIpc) is 3.09. The summed E-state index contributed by atoms with van der Waals surface area (Å²) in [5.74, 6) is -9.21. The summed E-state index contributed by atoms with van der Waals surface area (Å²) in [6.07, 6.45) is 4.15. The summed E-state index contributed by atoms with van der Waals surface area (Å²) >= 11 is 0. The lowest BCUT2D eigenvalue weighted by atomic mass is 9.96. The minimum atomic E-state index is -5.14. The Balaban J connectivity index is 1.41. The van der Waals surface area contributed by atoms with E-state index in [2.05, 4.69) is 16.0 Å². The maximum atomic E-state index is 15.6. The summed E-state index contributed by atoms with van der Waals surface area (Å²) in [7, 11) is -10.0. The second-order valence-electron chi connectivity index (χ2n) is 14.6. The first-order valence-electron chi connectivity index (χ1n) is 18.6. The lowest BCUT2D eigenvalue weighted by Crippen LogP contribution is -2.42. The van der Waals surface area contributed by atoms with Gasteiger partial charge in [-0.1, -0.05) is 44.2 Å². The highest BCUT2D eigenvalue weighted by atomic mass is 32.2. The highest BCUT2D eigenvalue weighted by Crippen LogP contribution is 2.37. The fourth-order valence-electron chi connectivity index (χ4n) is 6.01. The van der Waals surface area contributed by atoms with Gasteiger partial charge in [0.2, 0.25) is 21.8 Å². The molecule has 1 saturated carbocycles. The number of amides is 2. The molecule has 0 aromatic heterocycles. The second-order valence-corrected chi connectivity index (χ2v) is 18.2. The second kappa shape index (κ2) is 21.7. The molecule has 0 bridgehead atoms. The summed E-state index contributed by atoms with van der Waals surface area (Å²) in [6.45, 7) is 5.71. The van der Waals surface area contributed by atoms with Crippen molar-refractivity contribution in [3.8, 4) is 5.75 Å². The first-order valence-corrected chi connectivity index (χ1v) is 21.8. The van der Waals surface area contributed by atoms with E-state index in [0.29, 0.717) is 37.0 Å². The quantitative estimate of drug-likeness (QED) is 0.0888. The van der Waals surface area contributed by atoms with Gasteiger partial charge in [-0.15, -0.1) is 0 Å². The SMILES string of the molecule is CC(C)(C)Oc1ccc(C[C@H](NC(=O)CCOCCOCCNC(=O)CCS(=O)(=O)c2c(F)c(F)c(S(N)(=O)=O)c(F)c2NC2CCCCCCC2)C(=O)O)cc1. The zero-order valence-electron chi connectivity index (χ0n) is 32.3. The van der Waals surface area contributed by atoms with Gasteiger partial charge in [-0.3, -0.25) is 9.59 Å². The van der Waals surface area contributed by atoms with E-state index in [1.807, 2.05) is 20.8 Å². The fraction of sp³-hybridized carbons (Fsp3) is 0.595. The molecule has 0 spiro atoms. The van der Waals surface area contributed by atoms with Crippen molar-refractivity contribution in [3.63, 3.8) is 0 Å². The van der Waals surface area contributed by atoms with Gasteiger partial charge in [0, 0.05) is 31.8 Å². The highest BCUT2D eigenvalue weighted by molar-refractivity contribution is 7.91. The third kappa shape index (κ3) is 15.7. The number of carbonyl (C=O) groups excluding carboxylic acids is 2. The first kappa shape index (κ1) is 47.4. The molecule has 0 unspecified atom stereocenters. The van der Waals surface area contributed by atoms with E-state index in [0.717, 1.165) is 19.3 Å². The maximum absolute atomic E-state index is 15.6. The molecule has 1 aliphatic carbocycles. The number of sulfonamides is 1. The fourth-order valence-corrected chi connectivity index (χ4v) is 8.18. The lowest BCUT2D eigenvalue weighted by molar-refractivity contribution is -0.142. The zero-order valence-corrected chi connectivity index (χ0v) is 34.0. The van der Waals surface area contributed by atoms with E-state index in [1.165, 1.54) is 0 Å². The number of hydrogen-bond donors (Lipinski definition) is 5. The third-order valence-electron chi connectivity index (χ3n) is 8.72. The normalized spacial score (nSPS) is 14.9. The smallest absolute Gasteiger partial charge is 0.326 e. The predicted molar refractivity (Wildman–Crippen MR) is 203 cm³/mol. The molecule has 57 heavy (non-hydrogen) atoms. The van der Waals surface area contributed by atoms with Crippen LogP contribution in [0.2, 0.25) is 0 Å². The van der Waals surface area contributed by atoms with Gasteiger partial charge in [0.05, 0.1) is 37.9 Å². The molecule has 2 aromatic rings. The van der Waals surface area contributed by atoms with Gasteiger partial charge >= 0.3 is 5.97 Å². The predicted octanol–water partition coefficient (Wildman–Crippen LogP) is 3.97. The van der Waals surface area contributed by atoms with Crippen LogP contribution >= 0.6 is 0 Å². The summed E-state index contributed by atoms with van der Waals surface area (Å²) < 4.78 is 113. The maximum Gasteiger partial charge on any atom is 0.326 e. The molecular formula is C37H53F3N4O11S2. The summed E-state index contributed by atoms with van der Waals surface area (Å²) in [5.41, 5.74) is -0.745. The Bertz CT molecular complexity index is 1900. The van der Waals surface area contributed by atoms with E-state index < -0.39 is 100 Å². The molecule has 1 aliphatic rings. The molecule has 20 heteroatoms. The Morgan fingerprint density at radius 2 is 1.40 bits per heavy atom. The monoisotopic (exact) mass is 850 g/mol. The molecule has 2 amide bonds. The zero-order chi connectivity index (χ0) is 42.4. The number of anilines is 1. The minimum absolute atomic E-state index is 0.0252. The van der Waals surface area contributed by atoms with Gasteiger partial charge < -0.3 is 35.3 Å². The molecule has 320 valence electrons. The number of carboxylic acid groups (broad SMARTS) is 1. The van der Waals surface area contributed by atoms with Crippen molar-refractivity contribution in [3.05, 3.63) is 47.3 Å². The van der Waals surface area contributed by atoms with Crippen LogP contribution in [0, 0.1) is 17.5 Å². The van der Waals surface area contributed by atoms with Crippen LogP contribution in [0.5, 0.6) is 5.75 Å². The van der Waals surface area contributed by atoms with Crippen LogP contribution in [0.4, 0.5) is 18.9 Å². The van der Waals surface area contributed by atoms with Crippen molar-refractivity contribution < 1.29 is 63.7 Å². The number of hydrogen-bond acceptors (Lipinski definition) is 11. The van der Waals surface area contributed by atoms with E-state index >= 15 is 8.78 Å². The van der Waals surface area contributed by atoms with Gasteiger partial charge in [0.15, 0.2) is 32.2 Å². The molecule has 6 N–H and O–H groups in total. The number of carboxylic acids is 1. The molecule has 2 aromatic carbocycles. The van der Waals surface area contributed by atoms with Gasteiger partial charge in [-0.2, -0.15) is 0 Å². The van der Waals surface area contributed by atoms with Crippen molar-refractivity contribution in [2.24, 2.45) is 5.14 Å². The molecule has 0 saturated heterocycles. The summed E-state index contributed by atoms with van der Waals surface area (Å²) in [4.78, 5) is 33.3. The Labute approximate surface area is 331 Å². The Morgan fingerprint density at radius 3 is 1.98 bits per heavy atom. The molecule has 0 radical (unpaired) electrons. The number of ether oxygens (including phenoxy) is 3. The standard InChI is InChI=1S/C37H53F3N4O11S2/c1-37(2,3)55-26-13-11-24(12-14-26)23-27(36(47)48)44-29(46)15-18-53-20-21-54-19-17-42-28(45)16-22-56(49,50)35-31(39)30(38)34(57(41,51)52)32(40)33(35)43-25-9-7-5-4-6-8-10-25/h11-14,25,27,43H,4-10,15-23H2,1-3H3,(H,42,45)(H,44,46)(H,47,48)(H2,41,51,52)/t27-/m0/s1. The Morgan fingerprint density at radius 1 is 0.825 bits per heavy atom. The number of nitrogens with one attached hydrogen (secondary N) is 3. The van der Waals surface area contributed by atoms with Crippen molar-refractivity contribution in [2.75, 3.05) is 44.0 Å². The first-order chi connectivity index (χ1) is 26.7. The number of benzene rings is 2. The molecular weight excluding hydrogens is 798 g/mol. The number of aliphatic carboxylic acids is 1. The van der Waals surface area contributed by atoms with Gasteiger partial charge in [0.25, 0.3) is 0 Å². The highest BCUT2D eigenvalue weighted by Gasteiger charge is 2.37. The van der Waals surface area contributed by atoms with Crippen molar-refractivity contribution in [1.29, 1.82) is 0 Å². The minimum Gasteiger partial charge on any atom is -0.488 e. The molecule has 15 nitrogen and oxygen atoms in total. The van der Waals surface area contributed by atoms with E-state index in [1.54, 1.807) is 24.3 Å². The topological polar surface area (TPSA) is 230 Å². The van der Waals surface area contributed by atoms with E-state index in [-0.39, 0.29) is 45.8 Å². The summed E-state index contributed by atoms with van der Waals surface area (Å²) in [5, 5.41) is 22.0. The van der Waals surface area contributed by atoms with Crippen LogP contribution in [-0.2, 0) is 50.1 Å². The Kier molecular flexibility index (Phi) is 18.0. The molecule has 0 heterocycles. The molecule has 1 atom stereocenters. The van der Waals surface area contributed by atoms with Crippen LogP contribution in [-0.4, -0.2) is 96.1 Å². The number of sulfone groups is 1. The van der Waals surface area contributed by atoms with Crippen LogP contribution < -0.4 is 25.8 Å². The molecule has 0 aliphatic heterocycles. The van der Waals surface area contributed by atoms with E-state index in [4.69, 9.17) is 19.3 Å². The summed E-state index contributed by atoms with van der Waals surface area (Å²) in [6, 6.07) is 5.20. The van der Waals surface area contributed by atoms with Crippen molar-refractivity contribution in [2.45, 2.75) is 112 Å². The number of carbonyl (C=O) groups is 3. The lowest BCUT2D eigenvalue weighted by Gasteiger charge is -2.25. The van der Waals surface area contributed by atoms with Crippen LogP contribution in [0.15, 0.2) is 34.1 Å². The van der Waals surface area contributed by atoms with E-state index in [9.17, 15) is 40.7 Å². The van der Waals surface area contributed by atoms with Crippen molar-refractivity contribution >= 4 is 43.3 Å². The number of rotatable bonds is 21. The largest absolute Gasteiger partial charge is 0.488 e. The van der Waals surface area contributed by atoms with Gasteiger partial charge in [-0.25, -0.2) is 39.9 Å². The number of nitrogens with two attached hydrogens (primary N) is 1. The third-order valence-corrected chi connectivity index (χ3v) is 11.4. The molecule has 3 rings (SSSR count). The number of halogens is 3. The van der Waals surface area contributed by atoms with Crippen LogP contribution in [0.3, 0.4) is 0 Å². The average molecular weight is 851 g/mol. The van der Waals surface area contributed by atoms with Crippen molar-refractivity contribution in [1.82, 2.24) is 10.6 Å². The van der Waals surface area contributed by atoms with Gasteiger partial charge in [-0.05, 0) is 51.3 Å². The Hall–Kier alpha value is -3.98. The molecule has 1 fully saturated rings. The van der Waals surface area contributed by atoms with Gasteiger partial charge in [0.1, 0.15) is 22.3 Å². The van der Waals surface area contributed by atoms with Crippen LogP contribution in [0.25, 0.3) is 0 Å².